The lowest BCUT2D eigenvalue weighted by Crippen LogP contribution is -2.64. The molecule has 7 heteroatoms. The van der Waals surface area contributed by atoms with Crippen LogP contribution in [0.2, 0.25) is 0 Å². The Bertz CT molecular complexity index is 500. The number of carbonyl (C=O) groups is 1. The van der Waals surface area contributed by atoms with Gasteiger partial charge in [0.25, 0.3) is 0 Å². The molecule has 3 atom stereocenters. The first-order chi connectivity index (χ1) is 12.5. The van der Waals surface area contributed by atoms with Gasteiger partial charge < -0.3 is 15.5 Å². The molecule has 0 aromatic heterocycles. The number of nitrogens with zero attached hydrogens (tertiary/aromatic N) is 4. The van der Waals surface area contributed by atoms with E-state index < -0.39 is 0 Å². The molecule has 1 saturated carbocycles. The quantitative estimate of drug-likeness (QED) is 0.539. The molecule has 2 bridgehead atoms. The zero-order valence-electron chi connectivity index (χ0n) is 16.7. The number of nitrogens with one attached hydrogen (secondary N) is 2. The van der Waals surface area contributed by atoms with Crippen LogP contribution in [0.15, 0.2) is 4.99 Å². The second-order valence-electron chi connectivity index (χ2n) is 8.34. The van der Waals surface area contributed by atoms with Crippen LogP contribution in [0.5, 0.6) is 0 Å². The highest BCUT2D eigenvalue weighted by molar-refractivity contribution is 5.85. The maximum atomic E-state index is 12.0. The summed E-state index contributed by atoms with van der Waals surface area (Å²) in [5.74, 6) is 1.49. The number of rotatable bonds is 5. The fourth-order valence-electron chi connectivity index (χ4n) is 4.28. The largest absolute Gasteiger partial charge is 0.355 e. The molecule has 0 radical (unpaired) electrons. The van der Waals surface area contributed by atoms with E-state index in [9.17, 15) is 4.79 Å². The molecule has 3 unspecified atom stereocenters. The molecule has 3 heterocycles. The molecule has 3 aliphatic heterocycles. The van der Waals surface area contributed by atoms with Gasteiger partial charge in [0.15, 0.2) is 5.96 Å². The smallest absolute Gasteiger partial charge is 0.243 e. The van der Waals surface area contributed by atoms with Crippen LogP contribution in [0.25, 0.3) is 0 Å². The van der Waals surface area contributed by atoms with E-state index in [2.05, 4.69) is 32.3 Å². The number of piperazine rings is 3. The Hall–Kier alpha value is -1.34. The normalized spacial score (nSPS) is 34.4. The number of hydrogen-bond donors (Lipinski definition) is 2. The van der Waals surface area contributed by atoms with Gasteiger partial charge in [-0.15, -0.1) is 0 Å². The van der Waals surface area contributed by atoms with Crippen LogP contribution in [0.3, 0.4) is 0 Å². The fourth-order valence-corrected chi connectivity index (χ4v) is 4.28. The van der Waals surface area contributed by atoms with Gasteiger partial charge in [0.05, 0.1) is 0 Å². The van der Waals surface area contributed by atoms with Crippen molar-refractivity contribution in [1.29, 1.82) is 0 Å². The van der Waals surface area contributed by atoms with Crippen LogP contribution >= 0.6 is 0 Å². The van der Waals surface area contributed by atoms with Crippen LogP contribution < -0.4 is 10.6 Å². The highest BCUT2D eigenvalue weighted by Crippen LogP contribution is 2.23. The molecular formula is C19H36N6O. The second-order valence-corrected chi connectivity index (χ2v) is 8.34. The van der Waals surface area contributed by atoms with E-state index in [-0.39, 0.29) is 12.5 Å². The zero-order chi connectivity index (χ0) is 18.5. The molecule has 0 spiro atoms. The highest BCUT2D eigenvalue weighted by Gasteiger charge is 2.32. The predicted molar refractivity (Wildman–Crippen MR) is 105 cm³/mol. The summed E-state index contributed by atoms with van der Waals surface area (Å²) in [6, 6.07) is 0.995. The SMILES string of the molecule is CC1CCCCC1NC(=NCC(=O)N(C)C)NCC1CN2CCN1CC2. The van der Waals surface area contributed by atoms with Crippen LogP contribution in [-0.2, 0) is 4.79 Å². The number of fused-ring (bicyclic) bond motifs is 3. The zero-order valence-corrected chi connectivity index (χ0v) is 16.7. The topological polar surface area (TPSA) is 63.2 Å². The van der Waals surface area contributed by atoms with Crippen LogP contribution in [0, 0.1) is 5.92 Å². The van der Waals surface area contributed by atoms with Crippen LogP contribution in [0.4, 0.5) is 0 Å². The van der Waals surface area contributed by atoms with Gasteiger partial charge in [0.1, 0.15) is 6.54 Å². The van der Waals surface area contributed by atoms with Gasteiger partial charge in [-0.25, -0.2) is 4.99 Å². The van der Waals surface area contributed by atoms with E-state index in [1.165, 1.54) is 51.9 Å². The summed E-state index contributed by atoms with van der Waals surface area (Å²) in [7, 11) is 3.56. The molecule has 0 aromatic carbocycles. The van der Waals surface area contributed by atoms with Crippen molar-refractivity contribution in [3.63, 3.8) is 0 Å². The summed E-state index contributed by atoms with van der Waals surface area (Å²) in [4.78, 5) is 23.3. The number of likely N-dealkylation sites (N-methyl/N-ethyl adjacent to an activating group) is 1. The Morgan fingerprint density at radius 1 is 1.15 bits per heavy atom. The number of amides is 1. The third-order valence-electron chi connectivity index (χ3n) is 6.20. The van der Waals surface area contributed by atoms with Crippen molar-refractivity contribution >= 4 is 11.9 Å². The molecule has 148 valence electrons. The Labute approximate surface area is 158 Å². The van der Waals surface area contributed by atoms with Gasteiger partial charge in [-0.05, 0) is 18.8 Å². The average molecular weight is 365 g/mol. The fraction of sp³-hybridized carbons (Fsp3) is 0.895. The molecule has 7 nitrogen and oxygen atoms in total. The minimum Gasteiger partial charge on any atom is -0.355 e. The number of hydrogen-bond acceptors (Lipinski definition) is 4. The summed E-state index contributed by atoms with van der Waals surface area (Å²) in [5, 5.41) is 7.16. The molecule has 4 rings (SSSR count). The molecule has 2 N–H and O–H groups in total. The van der Waals surface area contributed by atoms with Crippen molar-refractivity contribution in [1.82, 2.24) is 25.3 Å². The third-order valence-corrected chi connectivity index (χ3v) is 6.20. The molecule has 0 aromatic rings. The van der Waals surface area contributed by atoms with Crippen LogP contribution in [-0.4, -0.2) is 98.6 Å². The Balaban J connectivity index is 1.58. The van der Waals surface area contributed by atoms with Gasteiger partial charge in [0, 0.05) is 65.4 Å². The second kappa shape index (κ2) is 9.04. The van der Waals surface area contributed by atoms with E-state index in [4.69, 9.17) is 0 Å². The monoisotopic (exact) mass is 364 g/mol. The summed E-state index contributed by atoms with van der Waals surface area (Å²) >= 11 is 0. The first-order valence-corrected chi connectivity index (χ1v) is 10.2. The van der Waals surface area contributed by atoms with E-state index in [1.807, 2.05) is 0 Å². The summed E-state index contributed by atoms with van der Waals surface area (Å²) in [6.45, 7) is 9.29. The average Bonchev–Trinajstić information content (AvgIpc) is 2.66. The minimum absolute atomic E-state index is 0.0365. The Morgan fingerprint density at radius 3 is 2.50 bits per heavy atom. The van der Waals surface area contributed by atoms with Gasteiger partial charge in [0.2, 0.25) is 5.91 Å². The van der Waals surface area contributed by atoms with Crippen molar-refractivity contribution < 1.29 is 4.79 Å². The van der Waals surface area contributed by atoms with E-state index >= 15 is 0 Å². The van der Waals surface area contributed by atoms with Gasteiger partial charge in [-0.3, -0.25) is 14.6 Å². The van der Waals surface area contributed by atoms with E-state index in [0.29, 0.717) is 18.0 Å². The van der Waals surface area contributed by atoms with Crippen molar-refractivity contribution in [2.75, 3.05) is 59.9 Å². The number of guanidine groups is 1. The van der Waals surface area contributed by atoms with Crippen molar-refractivity contribution in [2.45, 2.75) is 44.7 Å². The number of aliphatic imine (C=N–C) groups is 1. The Morgan fingerprint density at radius 2 is 1.88 bits per heavy atom. The Kier molecular flexibility index (Phi) is 6.75. The lowest BCUT2D eigenvalue weighted by molar-refractivity contribution is -0.127. The molecule has 4 fully saturated rings. The third kappa shape index (κ3) is 5.10. The predicted octanol–water partition coefficient (Wildman–Crippen LogP) is 0.188. The molecule has 26 heavy (non-hydrogen) atoms. The summed E-state index contributed by atoms with van der Waals surface area (Å²) in [5.41, 5.74) is 0. The van der Waals surface area contributed by atoms with Crippen molar-refractivity contribution in [2.24, 2.45) is 10.9 Å². The highest BCUT2D eigenvalue weighted by atomic mass is 16.2. The van der Waals surface area contributed by atoms with Gasteiger partial charge in [-0.1, -0.05) is 19.8 Å². The summed E-state index contributed by atoms with van der Waals surface area (Å²) in [6.07, 6.45) is 5.06. The lowest BCUT2D eigenvalue weighted by Gasteiger charge is -2.47. The van der Waals surface area contributed by atoms with E-state index in [1.54, 1.807) is 19.0 Å². The lowest BCUT2D eigenvalue weighted by atomic mass is 9.86. The van der Waals surface area contributed by atoms with Gasteiger partial charge >= 0.3 is 0 Å². The van der Waals surface area contributed by atoms with Crippen molar-refractivity contribution in [3.05, 3.63) is 0 Å². The van der Waals surface area contributed by atoms with Gasteiger partial charge in [-0.2, -0.15) is 0 Å². The number of carbonyl (C=O) groups excluding carboxylic acids is 1. The first-order valence-electron chi connectivity index (χ1n) is 10.2. The standard InChI is InChI=1S/C19H36N6O/c1-15-6-4-5-7-17(15)22-19(21-13-18(26)23(2)3)20-12-16-14-24-8-10-25(16)11-9-24/h15-17H,4-14H2,1-3H3,(H2,20,21,22). The summed E-state index contributed by atoms with van der Waals surface area (Å²) < 4.78 is 0. The molecular weight excluding hydrogens is 328 g/mol. The maximum Gasteiger partial charge on any atom is 0.243 e. The molecule has 1 amide bonds. The van der Waals surface area contributed by atoms with E-state index in [0.717, 1.165) is 19.0 Å². The minimum atomic E-state index is 0.0365. The molecule has 3 saturated heterocycles. The van der Waals surface area contributed by atoms with Crippen LogP contribution in [0.1, 0.15) is 32.6 Å². The van der Waals surface area contributed by atoms with Crippen molar-refractivity contribution in [3.8, 4) is 0 Å². The molecule has 1 aliphatic carbocycles. The first kappa shape index (κ1) is 19.4. The molecule has 4 aliphatic rings. The maximum absolute atomic E-state index is 12.0.